The SMILES string of the molecule is CCNC1CCCN(C2CCOC2C2CC2)C1. The Balaban J connectivity index is 1.58. The fraction of sp³-hybridized carbons (Fsp3) is 1.00. The van der Waals surface area contributed by atoms with Crippen LogP contribution in [0.25, 0.3) is 0 Å². The number of nitrogens with zero attached hydrogens (tertiary/aromatic N) is 1. The van der Waals surface area contributed by atoms with Gasteiger partial charge in [0.1, 0.15) is 0 Å². The number of rotatable bonds is 4. The molecule has 0 spiro atoms. The Morgan fingerprint density at radius 1 is 1.24 bits per heavy atom. The molecule has 0 amide bonds. The summed E-state index contributed by atoms with van der Waals surface area (Å²) >= 11 is 0. The Kier molecular flexibility index (Phi) is 3.69. The third-order valence-corrected chi connectivity index (χ3v) is 4.60. The summed E-state index contributed by atoms with van der Waals surface area (Å²) in [4.78, 5) is 2.72. The van der Waals surface area contributed by atoms with Crippen molar-refractivity contribution in [3.8, 4) is 0 Å². The van der Waals surface area contributed by atoms with Crippen LogP contribution in [0.4, 0.5) is 0 Å². The standard InChI is InChI=1S/C14H26N2O/c1-2-15-12-4-3-8-16(10-12)13-7-9-17-14(13)11-5-6-11/h11-15H,2-10H2,1H3. The minimum Gasteiger partial charge on any atom is -0.376 e. The highest BCUT2D eigenvalue weighted by molar-refractivity contribution is 4.96. The Morgan fingerprint density at radius 3 is 2.88 bits per heavy atom. The average Bonchev–Trinajstić information content (AvgIpc) is 3.08. The number of ether oxygens (including phenoxy) is 1. The van der Waals surface area contributed by atoms with Gasteiger partial charge in [-0.2, -0.15) is 0 Å². The van der Waals surface area contributed by atoms with Crippen molar-refractivity contribution in [3.05, 3.63) is 0 Å². The van der Waals surface area contributed by atoms with E-state index < -0.39 is 0 Å². The van der Waals surface area contributed by atoms with Gasteiger partial charge in [0, 0.05) is 25.2 Å². The molecule has 0 aromatic carbocycles. The molecule has 0 aromatic heterocycles. The Labute approximate surface area is 105 Å². The maximum absolute atomic E-state index is 5.98. The molecule has 1 saturated carbocycles. The molecule has 3 atom stereocenters. The van der Waals surface area contributed by atoms with Crippen LogP contribution in [0, 0.1) is 5.92 Å². The van der Waals surface area contributed by atoms with E-state index in [-0.39, 0.29) is 0 Å². The van der Waals surface area contributed by atoms with Crippen molar-refractivity contribution >= 4 is 0 Å². The van der Waals surface area contributed by atoms with Crippen molar-refractivity contribution in [2.24, 2.45) is 5.92 Å². The lowest BCUT2D eigenvalue weighted by atomic mass is 9.98. The maximum Gasteiger partial charge on any atom is 0.0759 e. The highest BCUT2D eigenvalue weighted by atomic mass is 16.5. The first-order chi connectivity index (χ1) is 8.38. The minimum atomic E-state index is 0.565. The summed E-state index contributed by atoms with van der Waals surface area (Å²) in [7, 11) is 0. The van der Waals surface area contributed by atoms with Gasteiger partial charge in [0.2, 0.25) is 0 Å². The van der Waals surface area contributed by atoms with Crippen LogP contribution in [0.3, 0.4) is 0 Å². The van der Waals surface area contributed by atoms with Crippen molar-refractivity contribution in [1.29, 1.82) is 0 Å². The zero-order valence-corrected chi connectivity index (χ0v) is 11.0. The molecule has 1 N–H and O–H groups in total. The molecule has 3 rings (SSSR count). The zero-order chi connectivity index (χ0) is 11.7. The van der Waals surface area contributed by atoms with E-state index in [0.29, 0.717) is 12.1 Å². The van der Waals surface area contributed by atoms with E-state index in [0.717, 1.165) is 25.1 Å². The fourth-order valence-electron chi connectivity index (χ4n) is 3.63. The van der Waals surface area contributed by atoms with Gasteiger partial charge in [0.05, 0.1) is 6.10 Å². The van der Waals surface area contributed by atoms with Gasteiger partial charge in [-0.05, 0) is 51.1 Å². The molecule has 0 radical (unpaired) electrons. The van der Waals surface area contributed by atoms with Crippen molar-refractivity contribution in [2.75, 3.05) is 26.2 Å². The van der Waals surface area contributed by atoms with Crippen LogP contribution in [-0.4, -0.2) is 49.3 Å². The van der Waals surface area contributed by atoms with Crippen LogP contribution in [-0.2, 0) is 4.74 Å². The summed E-state index contributed by atoms with van der Waals surface area (Å²) in [6.07, 6.45) is 7.35. The molecule has 17 heavy (non-hydrogen) atoms. The predicted octanol–water partition coefficient (Wildman–Crippen LogP) is 1.63. The largest absolute Gasteiger partial charge is 0.376 e. The summed E-state index contributed by atoms with van der Waals surface area (Å²) in [6, 6.07) is 1.44. The van der Waals surface area contributed by atoms with E-state index in [1.807, 2.05) is 0 Å². The van der Waals surface area contributed by atoms with Crippen LogP contribution in [0.5, 0.6) is 0 Å². The van der Waals surface area contributed by atoms with Crippen molar-refractivity contribution < 1.29 is 4.74 Å². The number of piperidine rings is 1. The van der Waals surface area contributed by atoms with Crippen molar-refractivity contribution in [2.45, 2.75) is 57.2 Å². The number of hydrogen-bond donors (Lipinski definition) is 1. The molecule has 3 nitrogen and oxygen atoms in total. The Morgan fingerprint density at radius 2 is 2.12 bits per heavy atom. The topological polar surface area (TPSA) is 24.5 Å². The molecule has 2 saturated heterocycles. The zero-order valence-electron chi connectivity index (χ0n) is 11.0. The quantitative estimate of drug-likeness (QED) is 0.805. The second kappa shape index (κ2) is 5.25. The van der Waals surface area contributed by atoms with E-state index in [9.17, 15) is 0 Å². The van der Waals surface area contributed by atoms with E-state index in [2.05, 4.69) is 17.1 Å². The fourth-order valence-corrected chi connectivity index (χ4v) is 3.63. The van der Waals surface area contributed by atoms with Gasteiger partial charge < -0.3 is 10.1 Å². The summed E-state index contributed by atoms with van der Waals surface area (Å²) in [5.41, 5.74) is 0. The third kappa shape index (κ3) is 2.67. The third-order valence-electron chi connectivity index (χ3n) is 4.60. The number of hydrogen-bond acceptors (Lipinski definition) is 3. The van der Waals surface area contributed by atoms with Crippen LogP contribution >= 0.6 is 0 Å². The van der Waals surface area contributed by atoms with Crippen LogP contribution < -0.4 is 5.32 Å². The van der Waals surface area contributed by atoms with Crippen LogP contribution in [0.15, 0.2) is 0 Å². The molecule has 0 bridgehead atoms. The van der Waals surface area contributed by atoms with Gasteiger partial charge in [0.15, 0.2) is 0 Å². The smallest absolute Gasteiger partial charge is 0.0759 e. The number of likely N-dealkylation sites (tertiary alicyclic amines) is 1. The Hall–Kier alpha value is -0.120. The highest BCUT2D eigenvalue weighted by Gasteiger charge is 2.43. The lowest BCUT2D eigenvalue weighted by Gasteiger charge is -2.38. The van der Waals surface area contributed by atoms with Crippen molar-refractivity contribution in [3.63, 3.8) is 0 Å². The molecule has 3 fully saturated rings. The van der Waals surface area contributed by atoms with Gasteiger partial charge in [-0.3, -0.25) is 4.90 Å². The van der Waals surface area contributed by atoms with Gasteiger partial charge in [0.25, 0.3) is 0 Å². The summed E-state index contributed by atoms with van der Waals surface area (Å²) in [5, 5.41) is 3.62. The van der Waals surface area contributed by atoms with Crippen molar-refractivity contribution in [1.82, 2.24) is 10.2 Å². The monoisotopic (exact) mass is 238 g/mol. The van der Waals surface area contributed by atoms with E-state index >= 15 is 0 Å². The molecule has 1 aliphatic carbocycles. The first kappa shape index (κ1) is 11.9. The van der Waals surface area contributed by atoms with E-state index in [1.165, 1.54) is 45.2 Å². The summed E-state index contributed by atoms with van der Waals surface area (Å²) < 4.78 is 5.98. The van der Waals surface area contributed by atoms with E-state index in [4.69, 9.17) is 4.74 Å². The predicted molar refractivity (Wildman–Crippen MR) is 69.1 cm³/mol. The first-order valence-corrected chi connectivity index (χ1v) is 7.47. The second-order valence-corrected chi connectivity index (χ2v) is 5.92. The molecule has 2 heterocycles. The summed E-state index contributed by atoms with van der Waals surface area (Å²) in [6.45, 7) is 6.84. The second-order valence-electron chi connectivity index (χ2n) is 5.92. The van der Waals surface area contributed by atoms with Gasteiger partial charge in [-0.25, -0.2) is 0 Å². The van der Waals surface area contributed by atoms with E-state index in [1.54, 1.807) is 0 Å². The lowest BCUT2D eigenvalue weighted by molar-refractivity contribution is 0.0340. The molecule has 2 aliphatic heterocycles. The average molecular weight is 238 g/mol. The first-order valence-electron chi connectivity index (χ1n) is 7.47. The normalized spacial score (nSPS) is 39.7. The van der Waals surface area contributed by atoms with Gasteiger partial charge >= 0.3 is 0 Å². The molecule has 0 aromatic rings. The summed E-state index contributed by atoms with van der Waals surface area (Å²) in [5.74, 6) is 0.891. The van der Waals surface area contributed by atoms with Crippen LogP contribution in [0.2, 0.25) is 0 Å². The number of likely N-dealkylation sites (N-methyl/N-ethyl adjacent to an activating group) is 1. The van der Waals surface area contributed by atoms with Gasteiger partial charge in [-0.15, -0.1) is 0 Å². The molecule has 3 unspecified atom stereocenters. The highest BCUT2D eigenvalue weighted by Crippen LogP contribution is 2.40. The molecule has 3 heteroatoms. The lowest BCUT2D eigenvalue weighted by Crippen LogP contribution is -2.52. The van der Waals surface area contributed by atoms with Crippen LogP contribution in [0.1, 0.15) is 39.0 Å². The number of nitrogens with one attached hydrogen (secondary N) is 1. The molecule has 98 valence electrons. The van der Waals surface area contributed by atoms with Gasteiger partial charge in [-0.1, -0.05) is 6.92 Å². The molecular weight excluding hydrogens is 212 g/mol. The maximum atomic E-state index is 5.98. The molecular formula is C14H26N2O. The Bertz CT molecular complexity index is 253. The molecule has 3 aliphatic rings. The minimum absolute atomic E-state index is 0.565.